The molecule has 0 unspecified atom stereocenters. The maximum absolute atomic E-state index is 6.58. The van der Waals surface area contributed by atoms with Crippen molar-refractivity contribution in [1.29, 1.82) is 0 Å². The van der Waals surface area contributed by atoms with E-state index in [1.807, 2.05) is 56.7 Å². The van der Waals surface area contributed by atoms with Gasteiger partial charge in [-0.15, -0.1) is 0 Å². The third-order valence-corrected chi connectivity index (χ3v) is 5.71. The summed E-state index contributed by atoms with van der Waals surface area (Å²) in [4.78, 5) is 8.90. The van der Waals surface area contributed by atoms with Crippen LogP contribution in [0.5, 0.6) is 5.75 Å². The van der Waals surface area contributed by atoms with Crippen LogP contribution in [-0.4, -0.2) is 32.2 Å². The SMILES string of the molecule is CCCOc1cc(N(C)C)ccc1N1C=C(c2ccccn2)C=C(c2ccccc2Cl)C1. The summed E-state index contributed by atoms with van der Waals surface area (Å²) in [5.41, 5.74) is 6.24. The average molecular weight is 446 g/mol. The molecule has 0 atom stereocenters. The monoisotopic (exact) mass is 445 g/mol. The maximum atomic E-state index is 6.58. The second-order valence-corrected chi connectivity index (χ2v) is 8.38. The Balaban J connectivity index is 1.81. The number of anilines is 2. The molecule has 5 heteroatoms. The van der Waals surface area contributed by atoms with Crippen LogP contribution >= 0.6 is 11.6 Å². The van der Waals surface area contributed by atoms with Gasteiger partial charge in [-0.25, -0.2) is 0 Å². The Hall–Kier alpha value is -3.24. The predicted octanol–water partition coefficient (Wildman–Crippen LogP) is 6.53. The zero-order chi connectivity index (χ0) is 22.5. The van der Waals surface area contributed by atoms with Crippen LogP contribution in [0.1, 0.15) is 24.6 Å². The van der Waals surface area contributed by atoms with Crippen molar-refractivity contribution >= 4 is 34.1 Å². The second-order valence-electron chi connectivity index (χ2n) is 7.97. The highest BCUT2D eigenvalue weighted by atomic mass is 35.5. The van der Waals surface area contributed by atoms with Gasteiger partial charge in [-0.1, -0.05) is 42.8 Å². The van der Waals surface area contributed by atoms with Crippen LogP contribution in [0.4, 0.5) is 11.4 Å². The molecule has 0 saturated carbocycles. The number of hydrogen-bond donors (Lipinski definition) is 0. The molecule has 0 amide bonds. The van der Waals surface area contributed by atoms with Crippen molar-refractivity contribution in [2.45, 2.75) is 13.3 Å². The van der Waals surface area contributed by atoms with Gasteiger partial charge in [0.05, 0.1) is 18.0 Å². The normalized spacial score (nSPS) is 13.4. The van der Waals surface area contributed by atoms with E-state index in [-0.39, 0.29) is 0 Å². The molecule has 1 aliphatic rings. The summed E-state index contributed by atoms with van der Waals surface area (Å²) in [6.45, 7) is 3.47. The minimum absolute atomic E-state index is 0.668. The summed E-state index contributed by atoms with van der Waals surface area (Å²) >= 11 is 6.58. The molecule has 0 saturated heterocycles. The van der Waals surface area contributed by atoms with Crippen molar-refractivity contribution < 1.29 is 4.74 Å². The lowest BCUT2D eigenvalue weighted by atomic mass is 9.97. The van der Waals surface area contributed by atoms with Gasteiger partial charge < -0.3 is 14.5 Å². The lowest BCUT2D eigenvalue weighted by Crippen LogP contribution is -2.23. The molecule has 4 nitrogen and oxygen atoms in total. The summed E-state index contributed by atoms with van der Waals surface area (Å²) in [5.74, 6) is 0.870. The number of benzene rings is 2. The number of pyridine rings is 1. The van der Waals surface area contributed by atoms with Crippen LogP contribution < -0.4 is 14.5 Å². The lowest BCUT2D eigenvalue weighted by Gasteiger charge is -2.30. The third-order valence-electron chi connectivity index (χ3n) is 5.38. The lowest BCUT2D eigenvalue weighted by molar-refractivity contribution is 0.318. The Morgan fingerprint density at radius 1 is 1.06 bits per heavy atom. The minimum Gasteiger partial charge on any atom is -0.491 e. The maximum Gasteiger partial charge on any atom is 0.144 e. The summed E-state index contributed by atoms with van der Waals surface area (Å²) in [7, 11) is 4.08. The molecule has 1 aromatic heterocycles. The van der Waals surface area contributed by atoms with Gasteiger partial charge in [0, 0.05) is 55.4 Å². The van der Waals surface area contributed by atoms with E-state index in [4.69, 9.17) is 16.3 Å². The van der Waals surface area contributed by atoms with E-state index in [1.165, 1.54) is 0 Å². The quantitative estimate of drug-likeness (QED) is 0.413. The topological polar surface area (TPSA) is 28.6 Å². The van der Waals surface area contributed by atoms with Gasteiger partial charge >= 0.3 is 0 Å². The Kier molecular flexibility index (Phi) is 6.81. The van der Waals surface area contributed by atoms with E-state index < -0.39 is 0 Å². The standard InChI is InChI=1S/C27H28ClN3O/c1-4-15-32-27-17-22(30(2)3)12-13-26(27)31-18-20(23-9-5-6-10-24(23)28)16-21(19-31)25-11-7-8-14-29-25/h5-14,16-17,19H,4,15,18H2,1-3H3. The van der Waals surface area contributed by atoms with E-state index in [0.717, 1.165) is 51.0 Å². The molecule has 0 radical (unpaired) electrons. The second kappa shape index (κ2) is 9.92. The highest BCUT2D eigenvalue weighted by molar-refractivity contribution is 6.32. The molecule has 3 aromatic rings. The summed E-state index contributed by atoms with van der Waals surface area (Å²) in [5, 5.41) is 0.742. The smallest absolute Gasteiger partial charge is 0.144 e. The molecule has 0 aliphatic carbocycles. The van der Waals surface area contributed by atoms with Crippen LogP contribution in [0, 0.1) is 0 Å². The fraction of sp³-hybridized carbons (Fsp3) is 0.222. The summed E-state index contributed by atoms with van der Waals surface area (Å²) in [6.07, 6.45) is 7.10. The largest absolute Gasteiger partial charge is 0.491 e. The number of rotatable bonds is 7. The number of nitrogens with zero attached hydrogens (tertiary/aromatic N) is 3. The fourth-order valence-corrected chi connectivity index (χ4v) is 3.98. The molecular weight excluding hydrogens is 418 g/mol. The van der Waals surface area contributed by atoms with Crippen LogP contribution in [-0.2, 0) is 0 Å². The molecule has 2 heterocycles. The third kappa shape index (κ3) is 4.81. The first-order chi connectivity index (χ1) is 15.6. The van der Waals surface area contributed by atoms with Crippen LogP contribution in [0.2, 0.25) is 5.02 Å². The first kappa shape index (κ1) is 22.0. The summed E-state index contributed by atoms with van der Waals surface area (Å²) < 4.78 is 6.18. The molecule has 1 aliphatic heterocycles. The van der Waals surface area contributed by atoms with E-state index in [9.17, 15) is 0 Å². The van der Waals surface area contributed by atoms with Gasteiger partial charge in [0.2, 0.25) is 0 Å². The molecule has 0 bridgehead atoms. The zero-order valence-corrected chi connectivity index (χ0v) is 19.5. The fourth-order valence-electron chi connectivity index (χ4n) is 3.73. The van der Waals surface area contributed by atoms with Gasteiger partial charge in [0.25, 0.3) is 0 Å². The van der Waals surface area contributed by atoms with Crippen molar-refractivity contribution in [3.63, 3.8) is 0 Å². The van der Waals surface area contributed by atoms with E-state index in [1.54, 1.807) is 0 Å². The Morgan fingerprint density at radius 2 is 1.88 bits per heavy atom. The Morgan fingerprint density at radius 3 is 2.59 bits per heavy atom. The van der Waals surface area contributed by atoms with E-state index in [0.29, 0.717) is 13.2 Å². The summed E-state index contributed by atoms with van der Waals surface area (Å²) in [6, 6.07) is 20.3. The Labute approximate surface area is 195 Å². The van der Waals surface area contributed by atoms with Crippen molar-refractivity contribution in [2.75, 3.05) is 37.0 Å². The number of hydrogen-bond acceptors (Lipinski definition) is 4. The van der Waals surface area contributed by atoms with Crippen molar-refractivity contribution in [3.8, 4) is 5.75 Å². The number of halogens is 1. The first-order valence-electron chi connectivity index (χ1n) is 10.9. The highest BCUT2D eigenvalue weighted by Gasteiger charge is 2.21. The van der Waals surface area contributed by atoms with Crippen LogP contribution in [0.15, 0.2) is 79.1 Å². The van der Waals surface area contributed by atoms with Gasteiger partial charge in [-0.3, -0.25) is 4.98 Å². The van der Waals surface area contributed by atoms with Crippen LogP contribution in [0.3, 0.4) is 0 Å². The van der Waals surface area contributed by atoms with Crippen LogP contribution in [0.25, 0.3) is 11.1 Å². The van der Waals surface area contributed by atoms with Crippen molar-refractivity contribution in [3.05, 3.63) is 95.4 Å². The molecule has 2 aromatic carbocycles. The van der Waals surface area contributed by atoms with Gasteiger partial charge in [0.15, 0.2) is 0 Å². The molecule has 0 spiro atoms. The zero-order valence-electron chi connectivity index (χ0n) is 18.8. The number of allylic oxidation sites excluding steroid dienone is 2. The van der Waals surface area contributed by atoms with Crippen molar-refractivity contribution in [1.82, 2.24) is 4.98 Å². The van der Waals surface area contributed by atoms with Crippen molar-refractivity contribution in [2.24, 2.45) is 0 Å². The van der Waals surface area contributed by atoms with E-state index in [2.05, 4.69) is 58.2 Å². The van der Waals surface area contributed by atoms with E-state index >= 15 is 0 Å². The first-order valence-corrected chi connectivity index (χ1v) is 11.2. The van der Waals surface area contributed by atoms with Gasteiger partial charge in [-0.05, 0) is 54.0 Å². The highest BCUT2D eigenvalue weighted by Crippen LogP contribution is 2.38. The molecule has 0 fully saturated rings. The number of ether oxygens (including phenoxy) is 1. The molecule has 32 heavy (non-hydrogen) atoms. The average Bonchev–Trinajstić information content (AvgIpc) is 2.83. The molecule has 4 rings (SSSR count). The Bertz CT molecular complexity index is 1140. The van der Waals surface area contributed by atoms with Gasteiger partial charge in [0.1, 0.15) is 5.75 Å². The minimum atomic E-state index is 0.668. The predicted molar refractivity (Wildman–Crippen MR) is 136 cm³/mol. The molecule has 0 N–H and O–H groups in total. The molecular formula is C27H28ClN3O. The van der Waals surface area contributed by atoms with Gasteiger partial charge in [-0.2, -0.15) is 0 Å². The molecule has 164 valence electrons. The number of aromatic nitrogens is 1.